The Bertz CT molecular complexity index is 484. The van der Waals surface area contributed by atoms with Crippen LogP contribution in [-0.2, 0) is 4.79 Å². The maximum absolute atomic E-state index is 12.1. The van der Waals surface area contributed by atoms with Crippen molar-refractivity contribution in [1.29, 1.82) is 0 Å². The lowest BCUT2D eigenvalue weighted by Crippen LogP contribution is -2.01. The number of carbonyl (C=O) groups is 1. The van der Waals surface area contributed by atoms with E-state index in [0.717, 1.165) is 10.5 Å². The summed E-state index contributed by atoms with van der Waals surface area (Å²) >= 11 is 3.49. The van der Waals surface area contributed by atoms with E-state index in [2.05, 4.69) is 22.6 Å². The SMILES string of the molecule is O=C(Sc1ccccc1)C(I)c1ccccc1. The average Bonchev–Trinajstić information content (AvgIpc) is 2.40. The molecule has 17 heavy (non-hydrogen) atoms. The molecule has 0 saturated heterocycles. The second-order valence-corrected chi connectivity index (χ2v) is 5.83. The van der Waals surface area contributed by atoms with Crippen LogP contribution in [0.3, 0.4) is 0 Å². The van der Waals surface area contributed by atoms with Gasteiger partial charge in [0.1, 0.15) is 3.92 Å². The molecule has 1 nitrogen and oxygen atoms in total. The first-order chi connectivity index (χ1) is 8.27. The third kappa shape index (κ3) is 3.57. The van der Waals surface area contributed by atoms with Crippen LogP contribution in [0.15, 0.2) is 65.6 Å². The van der Waals surface area contributed by atoms with Gasteiger partial charge in [-0.3, -0.25) is 4.79 Å². The fraction of sp³-hybridized carbons (Fsp3) is 0.0714. The summed E-state index contributed by atoms with van der Waals surface area (Å²) in [5.74, 6) is 0. The molecule has 3 heteroatoms. The van der Waals surface area contributed by atoms with Gasteiger partial charge in [0.15, 0.2) is 0 Å². The van der Waals surface area contributed by atoms with Gasteiger partial charge < -0.3 is 0 Å². The van der Waals surface area contributed by atoms with Gasteiger partial charge in [-0.25, -0.2) is 0 Å². The van der Waals surface area contributed by atoms with E-state index in [9.17, 15) is 4.79 Å². The van der Waals surface area contributed by atoms with E-state index in [1.165, 1.54) is 11.8 Å². The van der Waals surface area contributed by atoms with Gasteiger partial charge in [-0.2, -0.15) is 0 Å². The Morgan fingerprint density at radius 3 is 2.06 bits per heavy atom. The van der Waals surface area contributed by atoms with Crippen LogP contribution in [0.1, 0.15) is 9.49 Å². The lowest BCUT2D eigenvalue weighted by molar-refractivity contribution is -0.110. The van der Waals surface area contributed by atoms with Crippen LogP contribution in [-0.4, -0.2) is 5.12 Å². The molecule has 0 fully saturated rings. The van der Waals surface area contributed by atoms with Crippen LogP contribution >= 0.6 is 34.4 Å². The first-order valence-electron chi connectivity index (χ1n) is 5.23. The Balaban J connectivity index is 2.06. The Morgan fingerprint density at radius 1 is 0.941 bits per heavy atom. The van der Waals surface area contributed by atoms with Crippen molar-refractivity contribution in [3.8, 4) is 0 Å². The van der Waals surface area contributed by atoms with Crippen molar-refractivity contribution in [1.82, 2.24) is 0 Å². The van der Waals surface area contributed by atoms with Crippen molar-refractivity contribution in [2.24, 2.45) is 0 Å². The minimum absolute atomic E-state index is 0.0981. The third-order valence-electron chi connectivity index (χ3n) is 2.26. The summed E-state index contributed by atoms with van der Waals surface area (Å²) in [7, 11) is 0. The van der Waals surface area contributed by atoms with Gasteiger partial charge >= 0.3 is 0 Å². The predicted octanol–water partition coefficient (Wildman–Crippen LogP) is 4.48. The van der Waals surface area contributed by atoms with Crippen molar-refractivity contribution in [3.63, 3.8) is 0 Å². The van der Waals surface area contributed by atoms with Crippen molar-refractivity contribution < 1.29 is 4.79 Å². The fourth-order valence-electron chi connectivity index (χ4n) is 1.41. The molecule has 1 unspecified atom stereocenters. The number of hydrogen-bond donors (Lipinski definition) is 0. The summed E-state index contributed by atoms with van der Waals surface area (Å²) in [4.78, 5) is 13.1. The molecule has 0 aliphatic rings. The van der Waals surface area contributed by atoms with Crippen LogP contribution in [0.2, 0.25) is 0 Å². The summed E-state index contributed by atoms with van der Waals surface area (Å²) in [6, 6.07) is 19.6. The van der Waals surface area contributed by atoms with Gasteiger partial charge in [-0.05, 0) is 17.7 Å². The van der Waals surface area contributed by atoms with Crippen molar-refractivity contribution >= 4 is 39.5 Å². The first-order valence-corrected chi connectivity index (χ1v) is 7.29. The van der Waals surface area contributed by atoms with E-state index in [1.54, 1.807) is 0 Å². The van der Waals surface area contributed by atoms with Gasteiger partial charge in [0, 0.05) is 4.90 Å². The van der Waals surface area contributed by atoms with Crippen LogP contribution in [0.4, 0.5) is 0 Å². The van der Waals surface area contributed by atoms with Gasteiger partial charge in [-0.1, -0.05) is 82.9 Å². The van der Waals surface area contributed by atoms with Crippen LogP contribution < -0.4 is 0 Å². The molecule has 1 atom stereocenters. The molecule has 0 aliphatic carbocycles. The van der Waals surface area contributed by atoms with E-state index in [-0.39, 0.29) is 9.04 Å². The van der Waals surface area contributed by atoms with Gasteiger partial charge in [0.2, 0.25) is 5.12 Å². The summed E-state index contributed by atoms with van der Waals surface area (Å²) in [6.07, 6.45) is 0. The van der Waals surface area contributed by atoms with Crippen LogP contribution in [0, 0.1) is 0 Å². The number of rotatable bonds is 3. The lowest BCUT2D eigenvalue weighted by atomic mass is 10.2. The zero-order valence-electron chi connectivity index (χ0n) is 9.05. The number of benzene rings is 2. The highest BCUT2D eigenvalue weighted by Crippen LogP contribution is 2.32. The summed E-state index contributed by atoms with van der Waals surface area (Å²) in [5.41, 5.74) is 1.06. The summed E-state index contributed by atoms with van der Waals surface area (Å²) < 4.78 is -0.0981. The quantitative estimate of drug-likeness (QED) is 0.459. The highest BCUT2D eigenvalue weighted by molar-refractivity contribution is 14.1. The molecule has 0 heterocycles. The molecule has 0 saturated carbocycles. The fourth-order valence-corrected chi connectivity index (χ4v) is 2.98. The highest BCUT2D eigenvalue weighted by Gasteiger charge is 2.17. The second kappa shape index (κ2) is 6.21. The van der Waals surface area contributed by atoms with Crippen LogP contribution in [0.25, 0.3) is 0 Å². The second-order valence-electron chi connectivity index (χ2n) is 3.51. The molecule has 0 amide bonds. The molecule has 2 aromatic rings. The Morgan fingerprint density at radius 2 is 1.47 bits per heavy atom. The molecule has 0 bridgehead atoms. The largest absolute Gasteiger partial charge is 0.285 e. The molecule has 0 aliphatic heterocycles. The number of hydrogen-bond acceptors (Lipinski definition) is 2. The van der Waals surface area contributed by atoms with E-state index < -0.39 is 0 Å². The molecule has 86 valence electrons. The Labute approximate surface area is 119 Å². The average molecular weight is 354 g/mol. The Kier molecular flexibility index (Phi) is 4.62. The van der Waals surface area contributed by atoms with Gasteiger partial charge in [0.05, 0.1) is 0 Å². The minimum Gasteiger partial charge on any atom is -0.285 e. The van der Waals surface area contributed by atoms with Crippen LogP contribution in [0.5, 0.6) is 0 Å². The maximum atomic E-state index is 12.1. The van der Waals surface area contributed by atoms with Crippen molar-refractivity contribution in [2.45, 2.75) is 8.82 Å². The van der Waals surface area contributed by atoms with Gasteiger partial charge in [0.25, 0.3) is 0 Å². The maximum Gasteiger partial charge on any atom is 0.210 e. The van der Waals surface area contributed by atoms with E-state index >= 15 is 0 Å². The monoisotopic (exact) mass is 354 g/mol. The molecule has 2 aromatic carbocycles. The van der Waals surface area contributed by atoms with Gasteiger partial charge in [-0.15, -0.1) is 0 Å². The summed E-state index contributed by atoms with van der Waals surface area (Å²) in [6.45, 7) is 0. The number of halogens is 1. The topological polar surface area (TPSA) is 17.1 Å². The number of carbonyl (C=O) groups excluding carboxylic acids is 1. The molecule has 0 spiro atoms. The Hall–Kier alpha value is -0.810. The van der Waals surface area contributed by atoms with E-state index in [1.807, 2.05) is 60.7 Å². The third-order valence-corrected chi connectivity index (χ3v) is 4.91. The van der Waals surface area contributed by atoms with Crippen molar-refractivity contribution in [2.75, 3.05) is 0 Å². The zero-order chi connectivity index (χ0) is 12.1. The summed E-state index contributed by atoms with van der Waals surface area (Å²) in [5, 5.41) is 0.169. The molecular formula is C14H11IOS. The smallest absolute Gasteiger partial charge is 0.210 e. The number of alkyl halides is 1. The minimum atomic E-state index is -0.0981. The molecule has 0 radical (unpaired) electrons. The lowest BCUT2D eigenvalue weighted by Gasteiger charge is -2.08. The van der Waals surface area contributed by atoms with E-state index in [4.69, 9.17) is 0 Å². The molecule has 0 N–H and O–H groups in total. The van der Waals surface area contributed by atoms with E-state index in [0.29, 0.717) is 0 Å². The molecule has 2 rings (SSSR count). The zero-order valence-corrected chi connectivity index (χ0v) is 12.0. The predicted molar refractivity (Wildman–Crippen MR) is 80.5 cm³/mol. The molecular weight excluding hydrogens is 343 g/mol. The normalized spacial score (nSPS) is 12.1. The molecule has 0 aromatic heterocycles. The highest BCUT2D eigenvalue weighted by atomic mass is 127. The number of thioether (sulfide) groups is 1. The first kappa shape index (κ1) is 12.6. The standard InChI is InChI=1S/C14H11IOS/c15-13(11-7-3-1-4-8-11)14(16)17-12-9-5-2-6-10-12/h1-10,13H. The van der Waals surface area contributed by atoms with Crippen molar-refractivity contribution in [3.05, 3.63) is 66.2 Å².